The van der Waals surface area contributed by atoms with E-state index >= 15 is 0 Å². The molecule has 0 spiro atoms. The van der Waals surface area contributed by atoms with Crippen molar-refractivity contribution in [2.45, 2.75) is 76.0 Å². The average Bonchev–Trinajstić information content (AvgIpc) is 2.84. The van der Waals surface area contributed by atoms with Crippen LogP contribution in [-0.4, -0.2) is 47.3 Å². The van der Waals surface area contributed by atoms with Crippen LogP contribution in [0.2, 0.25) is 0 Å². The van der Waals surface area contributed by atoms with Gasteiger partial charge < -0.3 is 9.84 Å². The first-order valence-electron chi connectivity index (χ1n) is 7.67. The summed E-state index contributed by atoms with van der Waals surface area (Å²) in [5.41, 5.74) is -0.602. The molecule has 2 rings (SSSR count). The molecular formula is C15H27NO3. The molecule has 0 radical (unpaired) electrons. The lowest BCUT2D eigenvalue weighted by Gasteiger charge is -2.43. The first kappa shape index (κ1) is 14.8. The summed E-state index contributed by atoms with van der Waals surface area (Å²) in [7, 11) is 1.77. The first-order chi connectivity index (χ1) is 9.14. The van der Waals surface area contributed by atoms with Crippen molar-refractivity contribution < 1.29 is 14.6 Å². The molecule has 1 aliphatic heterocycles. The number of nitrogens with zero attached hydrogens (tertiary/aromatic N) is 1. The smallest absolute Gasteiger partial charge is 0.324 e. The minimum absolute atomic E-state index is 0.312. The molecule has 4 heteroatoms. The van der Waals surface area contributed by atoms with E-state index < -0.39 is 11.5 Å². The van der Waals surface area contributed by atoms with Crippen molar-refractivity contribution in [1.29, 1.82) is 0 Å². The van der Waals surface area contributed by atoms with Crippen molar-refractivity contribution in [3.63, 3.8) is 0 Å². The monoisotopic (exact) mass is 269 g/mol. The Hall–Kier alpha value is -0.610. The molecule has 1 saturated carbocycles. The van der Waals surface area contributed by atoms with E-state index in [2.05, 4.69) is 11.8 Å². The van der Waals surface area contributed by atoms with Gasteiger partial charge in [0, 0.05) is 13.2 Å². The summed E-state index contributed by atoms with van der Waals surface area (Å²) in [6.07, 6.45) is 8.24. The van der Waals surface area contributed by atoms with Crippen molar-refractivity contribution in [2.75, 3.05) is 13.7 Å². The summed E-state index contributed by atoms with van der Waals surface area (Å²) < 4.78 is 5.50. The third-order valence-electron chi connectivity index (χ3n) is 4.97. The Morgan fingerprint density at radius 3 is 2.84 bits per heavy atom. The zero-order valence-electron chi connectivity index (χ0n) is 12.2. The normalized spacial score (nSPS) is 36.5. The van der Waals surface area contributed by atoms with Gasteiger partial charge in [-0.25, -0.2) is 0 Å². The van der Waals surface area contributed by atoms with Crippen LogP contribution in [0.25, 0.3) is 0 Å². The Labute approximate surface area is 116 Å². The number of hydrogen-bond donors (Lipinski definition) is 1. The molecule has 19 heavy (non-hydrogen) atoms. The van der Waals surface area contributed by atoms with Crippen LogP contribution >= 0.6 is 0 Å². The van der Waals surface area contributed by atoms with Crippen LogP contribution in [0.5, 0.6) is 0 Å². The maximum absolute atomic E-state index is 11.8. The Kier molecular flexibility index (Phi) is 4.85. The Balaban J connectivity index is 2.14. The fraction of sp³-hybridized carbons (Fsp3) is 0.933. The third-order valence-corrected chi connectivity index (χ3v) is 4.97. The van der Waals surface area contributed by atoms with Crippen molar-refractivity contribution in [1.82, 2.24) is 4.90 Å². The van der Waals surface area contributed by atoms with Gasteiger partial charge >= 0.3 is 5.97 Å². The third kappa shape index (κ3) is 2.79. The number of rotatable bonds is 5. The van der Waals surface area contributed by atoms with Gasteiger partial charge in [0.2, 0.25) is 0 Å². The second-order valence-corrected chi connectivity index (χ2v) is 6.06. The highest BCUT2D eigenvalue weighted by atomic mass is 16.5. The number of aliphatic carboxylic acids is 1. The largest absolute Gasteiger partial charge is 0.480 e. The van der Waals surface area contributed by atoms with E-state index in [0.29, 0.717) is 12.1 Å². The molecule has 0 aromatic rings. The van der Waals surface area contributed by atoms with Gasteiger partial charge in [-0.05, 0) is 51.5 Å². The van der Waals surface area contributed by atoms with Gasteiger partial charge in [0.05, 0.1) is 6.10 Å². The summed E-state index contributed by atoms with van der Waals surface area (Å²) >= 11 is 0. The van der Waals surface area contributed by atoms with Crippen LogP contribution < -0.4 is 0 Å². The van der Waals surface area contributed by atoms with E-state index in [9.17, 15) is 9.90 Å². The van der Waals surface area contributed by atoms with E-state index in [-0.39, 0.29) is 0 Å². The molecule has 0 aromatic carbocycles. The second kappa shape index (κ2) is 6.23. The highest BCUT2D eigenvalue weighted by Crippen LogP contribution is 2.39. The van der Waals surface area contributed by atoms with E-state index in [1.165, 1.54) is 0 Å². The molecule has 3 unspecified atom stereocenters. The van der Waals surface area contributed by atoms with Crippen LogP contribution in [0.4, 0.5) is 0 Å². The topological polar surface area (TPSA) is 49.8 Å². The number of carboxylic acid groups (broad SMARTS) is 1. The molecular weight excluding hydrogens is 242 g/mol. The fourth-order valence-corrected chi connectivity index (χ4v) is 4.07. The van der Waals surface area contributed by atoms with Gasteiger partial charge in [0.15, 0.2) is 0 Å². The first-order valence-corrected chi connectivity index (χ1v) is 7.67. The summed E-state index contributed by atoms with van der Waals surface area (Å²) in [5, 5.41) is 9.75. The summed E-state index contributed by atoms with van der Waals surface area (Å²) in [4.78, 5) is 14.1. The summed E-state index contributed by atoms with van der Waals surface area (Å²) in [6.45, 7) is 3.02. The minimum atomic E-state index is -0.619. The van der Waals surface area contributed by atoms with E-state index in [1.54, 1.807) is 7.11 Å². The SMILES string of the molecule is CCCC1(C(=O)O)CCCN1C1CCCC(OC)C1. The molecule has 2 aliphatic rings. The van der Waals surface area contributed by atoms with E-state index in [0.717, 1.165) is 57.9 Å². The maximum Gasteiger partial charge on any atom is 0.324 e. The summed E-state index contributed by atoms with van der Waals surface area (Å²) in [6, 6.07) is 0.392. The predicted molar refractivity (Wildman–Crippen MR) is 74.3 cm³/mol. The Bertz CT molecular complexity index is 321. The lowest BCUT2D eigenvalue weighted by atomic mass is 9.85. The lowest BCUT2D eigenvalue weighted by molar-refractivity contribution is -0.153. The van der Waals surface area contributed by atoms with Crippen molar-refractivity contribution in [3.8, 4) is 0 Å². The number of ether oxygens (including phenoxy) is 1. The zero-order valence-corrected chi connectivity index (χ0v) is 12.2. The molecule has 1 heterocycles. The lowest BCUT2D eigenvalue weighted by Crippen LogP contribution is -2.56. The molecule has 2 fully saturated rings. The van der Waals surface area contributed by atoms with Crippen LogP contribution in [0, 0.1) is 0 Å². The number of hydrogen-bond acceptors (Lipinski definition) is 3. The minimum Gasteiger partial charge on any atom is -0.480 e. The molecule has 4 nitrogen and oxygen atoms in total. The average molecular weight is 269 g/mol. The molecule has 1 aliphatic carbocycles. The molecule has 0 bridgehead atoms. The Morgan fingerprint density at radius 2 is 2.21 bits per heavy atom. The quantitative estimate of drug-likeness (QED) is 0.833. The Morgan fingerprint density at radius 1 is 1.42 bits per heavy atom. The molecule has 1 N–H and O–H groups in total. The molecule has 0 amide bonds. The molecule has 3 atom stereocenters. The highest BCUT2D eigenvalue weighted by Gasteiger charge is 2.49. The molecule has 110 valence electrons. The van der Waals surface area contributed by atoms with Crippen LogP contribution in [0.1, 0.15) is 58.3 Å². The number of methoxy groups -OCH3 is 1. The van der Waals surface area contributed by atoms with E-state index in [4.69, 9.17) is 4.74 Å². The van der Waals surface area contributed by atoms with Crippen LogP contribution in [0.15, 0.2) is 0 Å². The number of likely N-dealkylation sites (tertiary alicyclic amines) is 1. The number of carboxylic acids is 1. The zero-order chi connectivity index (χ0) is 13.9. The van der Waals surface area contributed by atoms with Crippen molar-refractivity contribution in [3.05, 3.63) is 0 Å². The predicted octanol–water partition coefficient (Wildman–Crippen LogP) is 2.66. The maximum atomic E-state index is 11.8. The van der Waals surface area contributed by atoms with Gasteiger partial charge in [0.1, 0.15) is 5.54 Å². The van der Waals surface area contributed by atoms with Gasteiger partial charge in [-0.2, -0.15) is 0 Å². The molecule has 1 saturated heterocycles. The fourth-order valence-electron chi connectivity index (χ4n) is 4.07. The van der Waals surface area contributed by atoms with Crippen molar-refractivity contribution in [2.24, 2.45) is 0 Å². The standard InChI is InChI=1S/C15H27NO3/c1-3-8-15(14(17)18)9-5-10-16(15)12-6-4-7-13(11-12)19-2/h12-13H,3-11H2,1-2H3,(H,17,18). The highest BCUT2D eigenvalue weighted by molar-refractivity contribution is 5.79. The van der Waals surface area contributed by atoms with Gasteiger partial charge in [-0.3, -0.25) is 9.69 Å². The molecule has 0 aromatic heterocycles. The second-order valence-electron chi connectivity index (χ2n) is 6.06. The van der Waals surface area contributed by atoms with E-state index in [1.807, 2.05) is 0 Å². The summed E-state index contributed by atoms with van der Waals surface area (Å²) in [5.74, 6) is -0.619. The van der Waals surface area contributed by atoms with Gasteiger partial charge in [0.25, 0.3) is 0 Å². The van der Waals surface area contributed by atoms with Crippen molar-refractivity contribution >= 4 is 5.97 Å². The van der Waals surface area contributed by atoms with Gasteiger partial charge in [-0.15, -0.1) is 0 Å². The van der Waals surface area contributed by atoms with Crippen LogP contribution in [-0.2, 0) is 9.53 Å². The number of carbonyl (C=O) groups is 1. The van der Waals surface area contributed by atoms with Gasteiger partial charge in [-0.1, -0.05) is 13.3 Å². The van der Waals surface area contributed by atoms with Crippen LogP contribution in [0.3, 0.4) is 0 Å².